The van der Waals surface area contributed by atoms with E-state index in [1.54, 1.807) is 11.5 Å². The number of nitrogens with zero attached hydrogens (tertiary/aromatic N) is 5. The summed E-state index contributed by atoms with van der Waals surface area (Å²) in [4.78, 5) is 11.8. The molecule has 2 rings (SSSR count). The topological polar surface area (TPSA) is 74.8 Å². The number of rotatable bonds is 6. The number of carbonyl (C=O) groups excluding carboxylic acids is 1. The number of carbonyl (C=O) groups is 1. The maximum Gasteiger partial charge on any atom is 0.376 e. The van der Waals surface area contributed by atoms with Gasteiger partial charge in [0, 0.05) is 18.8 Å². The van der Waals surface area contributed by atoms with Gasteiger partial charge < -0.3 is 9.30 Å². The maximum atomic E-state index is 11.8. The number of ether oxygens (including phenoxy) is 1. The summed E-state index contributed by atoms with van der Waals surface area (Å²) in [5, 5.41) is 12.3. The van der Waals surface area contributed by atoms with Gasteiger partial charge in [0.2, 0.25) is 5.82 Å². The molecule has 7 heteroatoms. The molecule has 0 radical (unpaired) electrons. The number of aromatic nitrogens is 5. The largest absolute Gasteiger partial charge is 0.460 e. The van der Waals surface area contributed by atoms with E-state index in [0.29, 0.717) is 19.0 Å². The van der Waals surface area contributed by atoms with Crippen LogP contribution in [0.3, 0.4) is 0 Å². The molecule has 0 bridgehead atoms. The summed E-state index contributed by atoms with van der Waals surface area (Å²) in [6.45, 7) is 9.40. The Morgan fingerprint density at radius 2 is 2.00 bits per heavy atom. The van der Waals surface area contributed by atoms with Gasteiger partial charge >= 0.3 is 5.97 Å². The number of aryl methyl sites for hydroxylation is 4. The third kappa shape index (κ3) is 3.48. The third-order valence-corrected chi connectivity index (χ3v) is 3.25. The summed E-state index contributed by atoms with van der Waals surface area (Å²) >= 11 is 0. The molecular formula is C14H21N5O2. The van der Waals surface area contributed by atoms with Crippen LogP contribution in [0.25, 0.3) is 0 Å². The molecule has 2 aromatic heterocycles. The number of esters is 1. The van der Waals surface area contributed by atoms with Gasteiger partial charge in [0.25, 0.3) is 0 Å². The Balaban J connectivity index is 2.01. The number of hydrogen-bond acceptors (Lipinski definition) is 5. The van der Waals surface area contributed by atoms with Crippen molar-refractivity contribution < 1.29 is 9.53 Å². The quantitative estimate of drug-likeness (QED) is 0.757. The fraction of sp³-hybridized carbons (Fsp3) is 0.571. The van der Waals surface area contributed by atoms with Crippen LogP contribution in [-0.4, -0.2) is 37.1 Å². The first-order valence-corrected chi connectivity index (χ1v) is 7.11. The van der Waals surface area contributed by atoms with Crippen LogP contribution in [0.1, 0.15) is 41.2 Å². The Kier molecular flexibility index (Phi) is 4.72. The van der Waals surface area contributed by atoms with E-state index < -0.39 is 5.97 Å². The van der Waals surface area contributed by atoms with E-state index in [1.807, 2.05) is 31.5 Å². The van der Waals surface area contributed by atoms with Gasteiger partial charge in [-0.1, -0.05) is 0 Å². The normalized spacial score (nSPS) is 10.9. The van der Waals surface area contributed by atoms with Crippen molar-refractivity contribution in [3.63, 3.8) is 0 Å². The lowest BCUT2D eigenvalue weighted by Gasteiger charge is -2.09. The fourth-order valence-electron chi connectivity index (χ4n) is 2.28. The predicted molar refractivity (Wildman–Crippen MR) is 77.0 cm³/mol. The highest BCUT2D eigenvalue weighted by Crippen LogP contribution is 2.07. The molecule has 21 heavy (non-hydrogen) atoms. The summed E-state index contributed by atoms with van der Waals surface area (Å²) in [5.41, 5.74) is 2.15. The first-order chi connectivity index (χ1) is 10.0. The molecule has 0 aliphatic carbocycles. The van der Waals surface area contributed by atoms with Gasteiger partial charge in [0.1, 0.15) is 5.82 Å². The highest BCUT2D eigenvalue weighted by Gasteiger charge is 2.17. The van der Waals surface area contributed by atoms with E-state index in [-0.39, 0.29) is 5.82 Å². The molecule has 2 heterocycles. The van der Waals surface area contributed by atoms with E-state index in [0.717, 1.165) is 24.4 Å². The summed E-state index contributed by atoms with van der Waals surface area (Å²) in [7, 11) is 0. The maximum absolute atomic E-state index is 11.8. The van der Waals surface area contributed by atoms with Gasteiger partial charge in [0.05, 0.1) is 12.3 Å². The minimum atomic E-state index is -0.427. The number of hydrogen-bond donors (Lipinski definition) is 0. The van der Waals surface area contributed by atoms with Crippen LogP contribution in [0.2, 0.25) is 0 Å². The molecule has 2 aromatic rings. The molecule has 7 nitrogen and oxygen atoms in total. The molecule has 0 saturated carbocycles. The standard InChI is InChI=1S/C14H21N5O2/c1-5-21-14(20)13-16-15-12(4)18(13)7-6-8-19-11(3)9-10(2)17-19/h9H,5-8H2,1-4H3. The summed E-state index contributed by atoms with van der Waals surface area (Å²) in [5.74, 6) is 0.554. The van der Waals surface area contributed by atoms with Crippen LogP contribution >= 0.6 is 0 Å². The molecule has 0 saturated heterocycles. The SMILES string of the molecule is CCOC(=O)c1nnc(C)n1CCCn1nc(C)cc1C. The van der Waals surface area contributed by atoms with Gasteiger partial charge in [-0.05, 0) is 40.2 Å². The van der Waals surface area contributed by atoms with Gasteiger partial charge in [-0.15, -0.1) is 10.2 Å². The van der Waals surface area contributed by atoms with Gasteiger partial charge in [-0.25, -0.2) is 4.79 Å². The van der Waals surface area contributed by atoms with Crippen molar-refractivity contribution >= 4 is 5.97 Å². The molecule has 0 aliphatic rings. The molecule has 0 amide bonds. The molecular weight excluding hydrogens is 270 g/mol. The zero-order valence-corrected chi connectivity index (χ0v) is 13.0. The lowest BCUT2D eigenvalue weighted by Crippen LogP contribution is -2.16. The zero-order valence-electron chi connectivity index (χ0n) is 13.0. The zero-order chi connectivity index (χ0) is 15.4. The van der Waals surface area contributed by atoms with Crippen molar-refractivity contribution in [2.45, 2.75) is 47.2 Å². The molecule has 0 aromatic carbocycles. The molecule has 0 fully saturated rings. The van der Waals surface area contributed by atoms with Gasteiger partial charge in [-0.3, -0.25) is 4.68 Å². The molecule has 0 unspecified atom stereocenters. The van der Waals surface area contributed by atoms with Crippen molar-refractivity contribution in [1.82, 2.24) is 24.5 Å². The van der Waals surface area contributed by atoms with E-state index in [2.05, 4.69) is 15.3 Å². The van der Waals surface area contributed by atoms with E-state index in [1.165, 1.54) is 0 Å². The van der Waals surface area contributed by atoms with Crippen molar-refractivity contribution in [2.75, 3.05) is 6.61 Å². The van der Waals surface area contributed by atoms with Crippen LogP contribution in [0.15, 0.2) is 6.07 Å². The second kappa shape index (κ2) is 6.51. The van der Waals surface area contributed by atoms with Gasteiger partial charge in [0.15, 0.2) is 0 Å². The summed E-state index contributed by atoms with van der Waals surface area (Å²) in [6.07, 6.45) is 0.841. The fourth-order valence-corrected chi connectivity index (χ4v) is 2.28. The molecule has 0 spiro atoms. The second-order valence-electron chi connectivity index (χ2n) is 4.95. The van der Waals surface area contributed by atoms with E-state index in [9.17, 15) is 4.79 Å². The van der Waals surface area contributed by atoms with Crippen LogP contribution in [0.4, 0.5) is 0 Å². The van der Waals surface area contributed by atoms with Crippen LogP contribution in [0, 0.1) is 20.8 Å². The van der Waals surface area contributed by atoms with Crippen molar-refractivity contribution in [3.05, 3.63) is 29.1 Å². The first kappa shape index (κ1) is 15.2. The Labute approximate surface area is 123 Å². The highest BCUT2D eigenvalue weighted by molar-refractivity contribution is 5.85. The lowest BCUT2D eigenvalue weighted by molar-refractivity contribution is 0.0505. The average Bonchev–Trinajstić information content (AvgIpc) is 2.94. The Morgan fingerprint density at radius 1 is 1.24 bits per heavy atom. The minimum Gasteiger partial charge on any atom is -0.460 e. The van der Waals surface area contributed by atoms with Crippen molar-refractivity contribution in [1.29, 1.82) is 0 Å². The molecule has 114 valence electrons. The van der Waals surface area contributed by atoms with Crippen LogP contribution < -0.4 is 0 Å². The molecule has 0 N–H and O–H groups in total. The average molecular weight is 291 g/mol. The highest BCUT2D eigenvalue weighted by atomic mass is 16.5. The third-order valence-electron chi connectivity index (χ3n) is 3.25. The monoisotopic (exact) mass is 291 g/mol. The van der Waals surface area contributed by atoms with Crippen molar-refractivity contribution in [2.24, 2.45) is 0 Å². The van der Waals surface area contributed by atoms with E-state index >= 15 is 0 Å². The lowest BCUT2D eigenvalue weighted by atomic mass is 10.3. The second-order valence-corrected chi connectivity index (χ2v) is 4.95. The summed E-state index contributed by atoms with van der Waals surface area (Å²) in [6, 6.07) is 2.05. The Morgan fingerprint density at radius 3 is 2.62 bits per heavy atom. The first-order valence-electron chi connectivity index (χ1n) is 7.11. The van der Waals surface area contributed by atoms with Crippen molar-refractivity contribution in [3.8, 4) is 0 Å². The Hall–Kier alpha value is -2.18. The van der Waals surface area contributed by atoms with Crippen LogP contribution in [0.5, 0.6) is 0 Å². The smallest absolute Gasteiger partial charge is 0.376 e. The Bertz CT molecular complexity index is 629. The minimum absolute atomic E-state index is 0.266. The van der Waals surface area contributed by atoms with E-state index in [4.69, 9.17) is 4.74 Å². The van der Waals surface area contributed by atoms with Gasteiger partial charge in [-0.2, -0.15) is 5.10 Å². The molecule has 0 aliphatic heterocycles. The summed E-state index contributed by atoms with van der Waals surface area (Å²) < 4.78 is 8.76. The molecule has 0 atom stereocenters. The van der Waals surface area contributed by atoms with Crippen LogP contribution in [-0.2, 0) is 17.8 Å². The predicted octanol–water partition coefficient (Wildman–Crippen LogP) is 1.67.